The van der Waals surface area contributed by atoms with E-state index in [0.29, 0.717) is 47.5 Å². The van der Waals surface area contributed by atoms with Gasteiger partial charge in [0, 0.05) is 17.5 Å². The van der Waals surface area contributed by atoms with Crippen LogP contribution in [0.3, 0.4) is 0 Å². The van der Waals surface area contributed by atoms with E-state index in [0.717, 1.165) is 11.1 Å². The zero-order chi connectivity index (χ0) is 18.8. The van der Waals surface area contributed by atoms with Crippen LogP contribution in [0, 0.1) is 0 Å². The molecule has 0 atom stereocenters. The van der Waals surface area contributed by atoms with E-state index < -0.39 is 0 Å². The minimum Gasteiger partial charge on any atom is -0.493 e. The second kappa shape index (κ2) is 6.99. The topological polar surface area (TPSA) is 73.4 Å². The summed E-state index contributed by atoms with van der Waals surface area (Å²) in [5.41, 5.74) is 1.90. The van der Waals surface area contributed by atoms with Crippen molar-refractivity contribution in [1.29, 1.82) is 0 Å². The SMILES string of the molecule is C=CCOc1cccc(-c2nc3c(c(=O)[nH]2)Cc2cccc(OC)c2O3)c1. The number of benzene rings is 2. The molecule has 1 aromatic heterocycles. The molecule has 0 saturated heterocycles. The lowest BCUT2D eigenvalue weighted by atomic mass is 10.0. The van der Waals surface area contributed by atoms with Crippen LogP contribution >= 0.6 is 0 Å². The number of hydrogen-bond donors (Lipinski definition) is 1. The lowest BCUT2D eigenvalue weighted by molar-refractivity contribution is 0.363. The van der Waals surface area contributed by atoms with Gasteiger partial charge in [-0.05, 0) is 18.2 Å². The van der Waals surface area contributed by atoms with Crippen LogP contribution in [0.5, 0.6) is 23.1 Å². The molecule has 0 spiro atoms. The van der Waals surface area contributed by atoms with Gasteiger partial charge in [-0.3, -0.25) is 4.79 Å². The van der Waals surface area contributed by atoms with Crippen LogP contribution < -0.4 is 19.8 Å². The zero-order valence-electron chi connectivity index (χ0n) is 14.8. The number of rotatable bonds is 5. The van der Waals surface area contributed by atoms with Crippen LogP contribution in [0.25, 0.3) is 11.4 Å². The van der Waals surface area contributed by atoms with E-state index in [1.165, 1.54) is 0 Å². The fourth-order valence-electron chi connectivity index (χ4n) is 3.01. The van der Waals surface area contributed by atoms with E-state index in [1.807, 2.05) is 42.5 Å². The van der Waals surface area contributed by atoms with Gasteiger partial charge in [0.05, 0.1) is 12.7 Å². The Morgan fingerprint density at radius 2 is 2.15 bits per heavy atom. The number of para-hydroxylation sites is 1. The average molecular weight is 362 g/mol. The highest BCUT2D eigenvalue weighted by atomic mass is 16.5. The first kappa shape index (κ1) is 16.9. The standard InChI is InChI=1S/C21H18N2O4/c1-3-10-26-15-8-4-7-14(11-15)19-22-20(24)16-12-13-6-5-9-17(25-2)18(13)27-21(16)23-19/h3-9,11H,1,10,12H2,2H3,(H,22,23,24). The van der Waals surface area contributed by atoms with Crippen LogP contribution in [0.1, 0.15) is 11.1 Å². The highest BCUT2D eigenvalue weighted by molar-refractivity contribution is 5.60. The normalized spacial score (nSPS) is 11.7. The first-order valence-electron chi connectivity index (χ1n) is 8.50. The number of aromatic nitrogens is 2. The third-order valence-corrected chi connectivity index (χ3v) is 4.30. The third kappa shape index (κ3) is 3.17. The van der Waals surface area contributed by atoms with Crippen molar-refractivity contribution in [2.45, 2.75) is 6.42 Å². The molecule has 0 fully saturated rings. The van der Waals surface area contributed by atoms with Gasteiger partial charge in [-0.2, -0.15) is 4.98 Å². The summed E-state index contributed by atoms with van der Waals surface area (Å²) in [7, 11) is 1.58. The number of nitrogens with zero attached hydrogens (tertiary/aromatic N) is 1. The molecule has 6 nitrogen and oxygen atoms in total. The number of H-pyrrole nitrogens is 1. The molecule has 0 saturated carbocycles. The molecule has 4 rings (SSSR count). The summed E-state index contributed by atoms with van der Waals surface area (Å²) in [6.07, 6.45) is 2.11. The lowest BCUT2D eigenvalue weighted by Gasteiger charge is -2.21. The van der Waals surface area contributed by atoms with Gasteiger partial charge in [-0.15, -0.1) is 0 Å². The molecular weight excluding hydrogens is 344 g/mol. The Kier molecular flexibility index (Phi) is 4.38. The Balaban J connectivity index is 1.74. The van der Waals surface area contributed by atoms with Crippen molar-refractivity contribution in [3.63, 3.8) is 0 Å². The van der Waals surface area contributed by atoms with E-state index >= 15 is 0 Å². The molecule has 1 aliphatic heterocycles. The predicted molar refractivity (Wildman–Crippen MR) is 102 cm³/mol. The van der Waals surface area contributed by atoms with E-state index in [4.69, 9.17) is 14.2 Å². The summed E-state index contributed by atoms with van der Waals surface area (Å²) >= 11 is 0. The molecule has 0 amide bonds. The maximum atomic E-state index is 12.6. The Bertz CT molecular complexity index is 1070. The van der Waals surface area contributed by atoms with Gasteiger partial charge in [0.25, 0.3) is 5.56 Å². The van der Waals surface area contributed by atoms with Crippen LogP contribution in [0.15, 0.2) is 59.9 Å². The highest BCUT2D eigenvalue weighted by Gasteiger charge is 2.25. The number of hydrogen-bond acceptors (Lipinski definition) is 5. The molecule has 2 heterocycles. The predicted octanol–water partition coefficient (Wildman–Crippen LogP) is 3.71. The van der Waals surface area contributed by atoms with Crippen LogP contribution in [0.4, 0.5) is 0 Å². The molecule has 1 N–H and O–H groups in total. The van der Waals surface area contributed by atoms with Crippen molar-refractivity contribution >= 4 is 0 Å². The number of methoxy groups -OCH3 is 1. The zero-order valence-corrected chi connectivity index (χ0v) is 14.8. The minimum absolute atomic E-state index is 0.221. The molecule has 0 bridgehead atoms. The van der Waals surface area contributed by atoms with E-state index in [2.05, 4.69) is 16.5 Å². The van der Waals surface area contributed by atoms with Crippen molar-refractivity contribution in [3.05, 3.63) is 76.6 Å². The maximum absolute atomic E-state index is 12.6. The molecular formula is C21H18N2O4. The quantitative estimate of drug-likeness (QED) is 0.548. The summed E-state index contributed by atoms with van der Waals surface area (Å²) in [5.74, 6) is 2.59. The molecule has 0 aliphatic carbocycles. The Hall–Kier alpha value is -3.54. The van der Waals surface area contributed by atoms with Gasteiger partial charge in [0.2, 0.25) is 5.88 Å². The first-order valence-corrected chi connectivity index (χ1v) is 8.50. The second-order valence-electron chi connectivity index (χ2n) is 6.05. The summed E-state index contributed by atoms with van der Waals surface area (Å²) in [5, 5.41) is 0. The Morgan fingerprint density at radius 1 is 1.30 bits per heavy atom. The van der Waals surface area contributed by atoms with Gasteiger partial charge >= 0.3 is 0 Å². The molecule has 3 aromatic rings. The van der Waals surface area contributed by atoms with E-state index in [1.54, 1.807) is 13.2 Å². The third-order valence-electron chi connectivity index (χ3n) is 4.30. The van der Waals surface area contributed by atoms with Gasteiger partial charge in [0.1, 0.15) is 18.2 Å². The lowest BCUT2D eigenvalue weighted by Crippen LogP contribution is -2.20. The van der Waals surface area contributed by atoms with Crippen molar-refractivity contribution in [1.82, 2.24) is 9.97 Å². The van der Waals surface area contributed by atoms with Crippen LogP contribution in [0.2, 0.25) is 0 Å². The summed E-state index contributed by atoms with van der Waals surface area (Å²) in [4.78, 5) is 20.0. The molecule has 2 aromatic carbocycles. The Labute approximate surface area is 156 Å². The largest absolute Gasteiger partial charge is 0.493 e. The molecule has 6 heteroatoms. The molecule has 0 unspecified atom stereocenters. The van der Waals surface area contributed by atoms with Crippen molar-refractivity contribution < 1.29 is 14.2 Å². The molecule has 1 aliphatic rings. The number of aromatic amines is 1. The molecule has 0 radical (unpaired) electrons. The van der Waals surface area contributed by atoms with Crippen molar-refractivity contribution in [3.8, 4) is 34.5 Å². The number of nitrogens with one attached hydrogen (secondary N) is 1. The van der Waals surface area contributed by atoms with Crippen LogP contribution in [-0.2, 0) is 6.42 Å². The first-order chi connectivity index (χ1) is 13.2. The molecule has 136 valence electrons. The van der Waals surface area contributed by atoms with Crippen molar-refractivity contribution in [2.24, 2.45) is 0 Å². The van der Waals surface area contributed by atoms with Crippen LogP contribution in [-0.4, -0.2) is 23.7 Å². The monoisotopic (exact) mass is 362 g/mol. The summed E-state index contributed by atoms with van der Waals surface area (Å²) in [6.45, 7) is 4.04. The average Bonchev–Trinajstić information content (AvgIpc) is 2.70. The minimum atomic E-state index is -0.221. The number of ether oxygens (including phenoxy) is 3. The molecule has 27 heavy (non-hydrogen) atoms. The second-order valence-corrected chi connectivity index (χ2v) is 6.05. The van der Waals surface area contributed by atoms with Gasteiger partial charge in [-0.1, -0.05) is 36.9 Å². The highest BCUT2D eigenvalue weighted by Crippen LogP contribution is 2.40. The van der Waals surface area contributed by atoms with Crippen molar-refractivity contribution in [2.75, 3.05) is 13.7 Å². The summed E-state index contributed by atoms with van der Waals surface area (Å²) < 4.78 is 16.9. The van der Waals surface area contributed by atoms with E-state index in [9.17, 15) is 4.79 Å². The van der Waals surface area contributed by atoms with E-state index in [-0.39, 0.29) is 5.56 Å². The van der Waals surface area contributed by atoms with Gasteiger partial charge in [0.15, 0.2) is 11.5 Å². The fraction of sp³-hybridized carbons (Fsp3) is 0.143. The van der Waals surface area contributed by atoms with Gasteiger partial charge < -0.3 is 19.2 Å². The fourth-order valence-corrected chi connectivity index (χ4v) is 3.01. The summed E-state index contributed by atoms with van der Waals surface area (Å²) in [6, 6.07) is 12.9. The maximum Gasteiger partial charge on any atom is 0.258 e. The number of fused-ring (bicyclic) bond motifs is 2. The smallest absolute Gasteiger partial charge is 0.258 e. The van der Waals surface area contributed by atoms with Gasteiger partial charge in [-0.25, -0.2) is 0 Å². The Morgan fingerprint density at radius 3 is 2.96 bits per heavy atom.